The third-order valence-electron chi connectivity index (χ3n) is 1.87. The minimum absolute atomic E-state index is 0.112. The minimum atomic E-state index is -0.581. The Morgan fingerprint density at radius 2 is 2.15 bits per heavy atom. The van der Waals surface area contributed by atoms with Gasteiger partial charge < -0.3 is 15.6 Å². The molecule has 0 unspecified atom stereocenters. The zero-order chi connectivity index (χ0) is 10.0. The lowest BCUT2D eigenvalue weighted by atomic mass is 10.1. The van der Waals surface area contributed by atoms with Crippen molar-refractivity contribution in [1.82, 2.24) is 0 Å². The van der Waals surface area contributed by atoms with Gasteiger partial charge in [-0.05, 0) is 24.6 Å². The minimum Gasteiger partial charge on any atom is -0.507 e. The van der Waals surface area contributed by atoms with Gasteiger partial charge in [0.15, 0.2) is 0 Å². The first-order valence-corrected chi connectivity index (χ1v) is 3.74. The number of methoxy groups -OCH3 is 1. The first kappa shape index (κ1) is 9.38. The standard InChI is InChI=1S/C9H11NO3/c1-5-6(10)3-4-7(11)8(5)9(12)13-2/h3-4,11H,10H2,1-2H3. The summed E-state index contributed by atoms with van der Waals surface area (Å²) in [7, 11) is 1.25. The van der Waals surface area contributed by atoms with E-state index in [1.165, 1.54) is 19.2 Å². The van der Waals surface area contributed by atoms with Gasteiger partial charge >= 0.3 is 5.97 Å². The second-order valence-corrected chi connectivity index (χ2v) is 2.67. The van der Waals surface area contributed by atoms with Crippen molar-refractivity contribution in [2.24, 2.45) is 0 Å². The van der Waals surface area contributed by atoms with E-state index in [1.807, 2.05) is 0 Å². The van der Waals surface area contributed by atoms with Crippen molar-refractivity contribution in [3.05, 3.63) is 23.3 Å². The smallest absolute Gasteiger partial charge is 0.341 e. The topological polar surface area (TPSA) is 72.5 Å². The molecule has 0 saturated heterocycles. The quantitative estimate of drug-likeness (QED) is 0.386. The molecule has 0 fully saturated rings. The Balaban J connectivity index is 3.33. The zero-order valence-corrected chi connectivity index (χ0v) is 7.50. The molecule has 4 nitrogen and oxygen atoms in total. The molecule has 3 N–H and O–H groups in total. The predicted octanol–water partition coefficient (Wildman–Crippen LogP) is 1.07. The fraction of sp³-hybridized carbons (Fsp3) is 0.222. The maximum Gasteiger partial charge on any atom is 0.341 e. The molecule has 1 aromatic rings. The Kier molecular flexibility index (Phi) is 2.41. The van der Waals surface area contributed by atoms with E-state index in [4.69, 9.17) is 5.73 Å². The average molecular weight is 181 g/mol. The van der Waals surface area contributed by atoms with Gasteiger partial charge in [-0.15, -0.1) is 0 Å². The summed E-state index contributed by atoms with van der Waals surface area (Å²) in [6, 6.07) is 2.91. The molecule has 0 heterocycles. The largest absolute Gasteiger partial charge is 0.507 e. The fourth-order valence-electron chi connectivity index (χ4n) is 1.07. The highest BCUT2D eigenvalue weighted by Gasteiger charge is 2.15. The molecule has 4 heteroatoms. The van der Waals surface area contributed by atoms with Gasteiger partial charge in [-0.2, -0.15) is 0 Å². The van der Waals surface area contributed by atoms with Crippen LogP contribution in [0.15, 0.2) is 12.1 Å². The molecule has 1 aromatic carbocycles. The zero-order valence-electron chi connectivity index (χ0n) is 7.50. The van der Waals surface area contributed by atoms with Crippen molar-refractivity contribution < 1.29 is 14.6 Å². The number of nitrogen functional groups attached to an aromatic ring is 1. The molecule has 0 atom stereocenters. The third kappa shape index (κ3) is 1.56. The highest BCUT2D eigenvalue weighted by Crippen LogP contribution is 2.25. The van der Waals surface area contributed by atoms with E-state index in [0.717, 1.165) is 0 Å². The van der Waals surface area contributed by atoms with E-state index in [1.54, 1.807) is 6.92 Å². The molecule has 0 radical (unpaired) electrons. The van der Waals surface area contributed by atoms with Gasteiger partial charge in [-0.3, -0.25) is 0 Å². The first-order chi connectivity index (χ1) is 6.07. The van der Waals surface area contributed by atoms with Gasteiger partial charge in [0, 0.05) is 5.69 Å². The van der Waals surface area contributed by atoms with E-state index in [2.05, 4.69) is 4.74 Å². The van der Waals surface area contributed by atoms with E-state index < -0.39 is 5.97 Å². The summed E-state index contributed by atoms with van der Waals surface area (Å²) in [6.07, 6.45) is 0. The van der Waals surface area contributed by atoms with Gasteiger partial charge in [-0.25, -0.2) is 4.79 Å². The number of phenols is 1. The predicted molar refractivity (Wildman–Crippen MR) is 48.6 cm³/mol. The summed E-state index contributed by atoms with van der Waals surface area (Å²) in [5.74, 6) is -0.694. The van der Waals surface area contributed by atoms with Gasteiger partial charge in [-0.1, -0.05) is 0 Å². The fourth-order valence-corrected chi connectivity index (χ4v) is 1.07. The molecule has 70 valence electrons. The van der Waals surface area contributed by atoms with Crippen molar-refractivity contribution in [3.63, 3.8) is 0 Å². The number of rotatable bonds is 1. The molecule has 0 aliphatic heterocycles. The summed E-state index contributed by atoms with van der Waals surface area (Å²) in [6.45, 7) is 1.65. The van der Waals surface area contributed by atoms with E-state index in [-0.39, 0.29) is 11.3 Å². The van der Waals surface area contributed by atoms with Crippen LogP contribution >= 0.6 is 0 Å². The van der Waals surface area contributed by atoms with Crippen LogP contribution in [0, 0.1) is 6.92 Å². The number of hydrogen-bond acceptors (Lipinski definition) is 4. The van der Waals surface area contributed by atoms with Crippen molar-refractivity contribution >= 4 is 11.7 Å². The number of aromatic hydroxyl groups is 1. The van der Waals surface area contributed by atoms with Crippen LogP contribution < -0.4 is 5.73 Å². The van der Waals surface area contributed by atoms with Crippen molar-refractivity contribution in [2.75, 3.05) is 12.8 Å². The SMILES string of the molecule is COC(=O)c1c(O)ccc(N)c1C. The van der Waals surface area contributed by atoms with E-state index in [9.17, 15) is 9.90 Å². The average Bonchev–Trinajstić information content (AvgIpc) is 2.12. The molecule has 13 heavy (non-hydrogen) atoms. The molecule has 0 saturated carbocycles. The van der Waals surface area contributed by atoms with Crippen molar-refractivity contribution in [2.45, 2.75) is 6.92 Å². The molecular formula is C9H11NO3. The van der Waals surface area contributed by atoms with Crippen LogP contribution in [0.5, 0.6) is 5.75 Å². The second-order valence-electron chi connectivity index (χ2n) is 2.67. The maximum absolute atomic E-state index is 11.2. The van der Waals surface area contributed by atoms with Crippen LogP contribution in [-0.4, -0.2) is 18.2 Å². The lowest BCUT2D eigenvalue weighted by Crippen LogP contribution is -2.06. The number of esters is 1. The van der Waals surface area contributed by atoms with Crippen LogP contribution in [0.1, 0.15) is 15.9 Å². The molecule has 0 aliphatic carbocycles. The molecular weight excluding hydrogens is 170 g/mol. The number of phenolic OH excluding ortho intramolecular Hbond substituents is 1. The van der Waals surface area contributed by atoms with Crippen molar-refractivity contribution in [1.29, 1.82) is 0 Å². The highest BCUT2D eigenvalue weighted by molar-refractivity contribution is 5.95. The molecule has 0 bridgehead atoms. The lowest BCUT2D eigenvalue weighted by Gasteiger charge is -2.07. The number of anilines is 1. The number of hydrogen-bond donors (Lipinski definition) is 2. The molecule has 1 rings (SSSR count). The number of ether oxygens (including phenoxy) is 1. The van der Waals surface area contributed by atoms with Crippen LogP contribution in [0.3, 0.4) is 0 Å². The maximum atomic E-state index is 11.2. The summed E-state index contributed by atoms with van der Waals surface area (Å²) in [5, 5.41) is 9.36. The highest BCUT2D eigenvalue weighted by atomic mass is 16.5. The molecule has 0 aromatic heterocycles. The van der Waals surface area contributed by atoms with Crippen LogP contribution in [0.4, 0.5) is 5.69 Å². The summed E-state index contributed by atoms with van der Waals surface area (Å²) in [5.41, 5.74) is 6.68. The third-order valence-corrected chi connectivity index (χ3v) is 1.87. The normalized spacial score (nSPS) is 9.69. The second kappa shape index (κ2) is 3.35. The van der Waals surface area contributed by atoms with Gasteiger partial charge in [0.25, 0.3) is 0 Å². The monoisotopic (exact) mass is 181 g/mol. The molecule has 0 amide bonds. The van der Waals surface area contributed by atoms with Crippen LogP contribution in [0.25, 0.3) is 0 Å². The van der Waals surface area contributed by atoms with Crippen LogP contribution in [0.2, 0.25) is 0 Å². The number of carbonyl (C=O) groups excluding carboxylic acids is 1. The number of carbonyl (C=O) groups is 1. The Labute approximate surface area is 75.9 Å². The summed E-state index contributed by atoms with van der Waals surface area (Å²) < 4.78 is 4.50. The summed E-state index contributed by atoms with van der Waals surface area (Å²) >= 11 is 0. The Hall–Kier alpha value is -1.71. The van der Waals surface area contributed by atoms with Gasteiger partial charge in [0.1, 0.15) is 11.3 Å². The first-order valence-electron chi connectivity index (χ1n) is 3.74. The van der Waals surface area contributed by atoms with Crippen LogP contribution in [-0.2, 0) is 4.74 Å². The van der Waals surface area contributed by atoms with E-state index in [0.29, 0.717) is 11.3 Å². The Morgan fingerprint density at radius 3 is 2.69 bits per heavy atom. The van der Waals surface area contributed by atoms with E-state index >= 15 is 0 Å². The number of nitrogens with two attached hydrogens (primary N) is 1. The Morgan fingerprint density at radius 1 is 1.54 bits per heavy atom. The molecule has 0 aliphatic rings. The van der Waals surface area contributed by atoms with Gasteiger partial charge in [0.05, 0.1) is 7.11 Å². The lowest BCUT2D eigenvalue weighted by molar-refractivity contribution is 0.0596. The number of benzene rings is 1. The Bertz CT molecular complexity index is 347. The van der Waals surface area contributed by atoms with Gasteiger partial charge in [0.2, 0.25) is 0 Å². The molecule has 0 spiro atoms. The van der Waals surface area contributed by atoms with Crippen molar-refractivity contribution in [3.8, 4) is 5.75 Å². The summed E-state index contributed by atoms with van der Waals surface area (Å²) in [4.78, 5) is 11.2.